The number of amides is 1. The van der Waals surface area contributed by atoms with Gasteiger partial charge in [0.15, 0.2) is 6.10 Å². The Morgan fingerprint density at radius 1 is 1.42 bits per heavy atom. The number of rotatable bonds is 5. The molecular formula is C22H24F2N4O3. The molecule has 164 valence electrons. The summed E-state index contributed by atoms with van der Waals surface area (Å²) >= 11 is 0. The van der Waals surface area contributed by atoms with Gasteiger partial charge in [0, 0.05) is 19.2 Å². The van der Waals surface area contributed by atoms with Crippen molar-refractivity contribution in [3.8, 4) is 23.3 Å². The van der Waals surface area contributed by atoms with E-state index >= 15 is 0 Å². The molecule has 1 amide bonds. The standard InChI is InChI=1S/C22H24F2N4O3/c1-14-10-15(6-5-9-28(3)4)20(26-12-14)27-21(29)19-13-25-17-11-16(31-22(2,23)24)7-8-18(17)30-19/h7-8,10-12,19,25H,9,13H2,1-4H3,(H,26,27,29). The fourth-order valence-corrected chi connectivity index (χ4v) is 2.82. The summed E-state index contributed by atoms with van der Waals surface area (Å²) < 4.78 is 36.4. The van der Waals surface area contributed by atoms with E-state index in [9.17, 15) is 13.6 Å². The number of aryl methyl sites for hydroxylation is 1. The zero-order chi connectivity index (χ0) is 22.6. The third-order valence-corrected chi connectivity index (χ3v) is 4.17. The van der Waals surface area contributed by atoms with Gasteiger partial charge < -0.3 is 20.1 Å². The van der Waals surface area contributed by atoms with Crippen LogP contribution in [0.5, 0.6) is 11.5 Å². The lowest BCUT2D eigenvalue weighted by atomic mass is 10.2. The molecule has 0 radical (unpaired) electrons. The Bertz CT molecular complexity index is 1030. The van der Waals surface area contributed by atoms with Crippen LogP contribution in [0.1, 0.15) is 18.1 Å². The number of ether oxygens (including phenoxy) is 2. The molecule has 0 fully saturated rings. The Morgan fingerprint density at radius 2 is 2.19 bits per heavy atom. The Balaban J connectivity index is 1.71. The number of halogens is 2. The van der Waals surface area contributed by atoms with Gasteiger partial charge in [0.1, 0.15) is 17.3 Å². The Morgan fingerprint density at radius 3 is 2.90 bits per heavy atom. The van der Waals surface area contributed by atoms with Gasteiger partial charge >= 0.3 is 6.11 Å². The molecule has 1 unspecified atom stereocenters. The highest BCUT2D eigenvalue weighted by Gasteiger charge is 2.28. The monoisotopic (exact) mass is 430 g/mol. The maximum atomic E-state index is 13.0. The minimum atomic E-state index is -3.29. The Labute approximate surface area is 179 Å². The van der Waals surface area contributed by atoms with Crippen molar-refractivity contribution in [1.82, 2.24) is 9.88 Å². The summed E-state index contributed by atoms with van der Waals surface area (Å²) in [5.74, 6) is 6.38. The molecule has 2 N–H and O–H groups in total. The molecule has 1 aromatic heterocycles. The highest BCUT2D eigenvalue weighted by atomic mass is 19.3. The minimum Gasteiger partial charge on any atom is -0.477 e. The largest absolute Gasteiger partial charge is 0.477 e. The number of anilines is 2. The summed E-state index contributed by atoms with van der Waals surface area (Å²) in [6.45, 7) is 3.28. The molecule has 9 heteroatoms. The normalized spacial score (nSPS) is 15.1. The Hall–Kier alpha value is -3.38. The van der Waals surface area contributed by atoms with Crippen molar-refractivity contribution in [1.29, 1.82) is 0 Å². The van der Waals surface area contributed by atoms with Gasteiger partial charge in [-0.05, 0) is 44.8 Å². The third kappa shape index (κ3) is 6.30. The summed E-state index contributed by atoms with van der Waals surface area (Å²) in [7, 11) is 3.83. The summed E-state index contributed by atoms with van der Waals surface area (Å²) in [5, 5.41) is 5.78. The van der Waals surface area contributed by atoms with Gasteiger partial charge in [-0.1, -0.05) is 11.8 Å². The van der Waals surface area contributed by atoms with E-state index in [0.717, 1.165) is 5.56 Å². The zero-order valence-corrected chi connectivity index (χ0v) is 17.8. The second-order valence-electron chi connectivity index (χ2n) is 7.49. The van der Waals surface area contributed by atoms with Crippen molar-refractivity contribution in [3.05, 3.63) is 41.6 Å². The van der Waals surface area contributed by atoms with Crippen molar-refractivity contribution >= 4 is 17.4 Å². The summed E-state index contributed by atoms with van der Waals surface area (Å²) in [4.78, 5) is 19.0. The number of hydrogen-bond acceptors (Lipinski definition) is 6. The van der Waals surface area contributed by atoms with Gasteiger partial charge in [0.25, 0.3) is 5.91 Å². The van der Waals surface area contributed by atoms with Gasteiger partial charge in [-0.3, -0.25) is 9.69 Å². The predicted molar refractivity (Wildman–Crippen MR) is 114 cm³/mol. The van der Waals surface area contributed by atoms with E-state index in [2.05, 4.69) is 32.2 Å². The van der Waals surface area contributed by atoms with Crippen LogP contribution in [-0.2, 0) is 4.79 Å². The number of carbonyl (C=O) groups excluding carboxylic acids is 1. The third-order valence-electron chi connectivity index (χ3n) is 4.17. The van der Waals surface area contributed by atoms with Gasteiger partial charge in [-0.2, -0.15) is 8.78 Å². The van der Waals surface area contributed by atoms with Crippen molar-refractivity contribution < 1.29 is 23.0 Å². The van der Waals surface area contributed by atoms with Crippen LogP contribution in [0.25, 0.3) is 0 Å². The molecule has 3 rings (SSSR count). The molecule has 0 aliphatic carbocycles. The zero-order valence-electron chi connectivity index (χ0n) is 17.8. The molecule has 2 heterocycles. The second-order valence-corrected chi connectivity index (χ2v) is 7.49. The summed E-state index contributed by atoms with van der Waals surface area (Å²) in [6, 6.07) is 6.09. The van der Waals surface area contributed by atoms with E-state index in [1.54, 1.807) is 6.20 Å². The first-order valence-corrected chi connectivity index (χ1v) is 9.63. The first-order valence-electron chi connectivity index (χ1n) is 9.63. The number of aromatic nitrogens is 1. The van der Waals surface area contributed by atoms with Crippen LogP contribution in [0.2, 0.25) is 0 Å². The highest BCUT2D eigenvalue weighted by Crippen LogP contribution is 2.34. The highest BCUT2D eigenvalue weighted by molar-refractivity contribution is 5.95. The van der Waals surface area contributed by atoms with E-state index in [-0.39, 0.29) is 12.3 Å². The summed E-state index contributed by atoms with van der Waals surface area (Å²) in [6.07, 6.45) is -2.48. The van der Waals surface area contributed by atoms with Crippen LogP contribution in [0, 0.1) is 18.8 Å². The SMILES string of the molecule is Cc1cnc(NC(=O)C2CNc3cc(OC(C)(F)F)ccc3O2)c(C#CCN(C)C)c1. The van der Waals surface area contributed by atoms with E-state index in [0.29, 0.717) is 36.3 Å². The van der Waals surface area contributed by atoms with Crippen molar-refractivity contribution in [3.63, 3.8) is 0 Å². The number of carbonyl (C=O) groups is 1. The number of pyridine rings is 1. The quantitative estimate of drug-likeness (QED) is 0.710. The van der Waals surface area contributed by atoms with Gasteiger partial charge in [0.05, 0.1) is 24.3 Å². The van der Waals surface area contributed by atoms with Gasteiger partial charge in [0.2, 0.25) is 0 Å². The molecule has 31 heavy (non-hydrogen) atoms. The topological polar surface area (TPSA) is 75.7 Å². The average molecular weight is 430 g/mol. The maximum absolute atomic E-state index is 13.0. The second kappa shape index (κ2) is 9.18. The molecule has 2 aromatic rings. The van der Waals surface area contributed by atoms with E-state index < -0.39 is 18.1 Å². The lowest BCUT2D eigenvalue weighted by molar-refractivity contribution is -0.158. The molecule has 1 aromatic carbocycles. The smallest absolute Gasteiger partial charge is 0.394 e. The molecule has 0 spiro atoms. The number of fused-ring (bicyclic) bond motifs is 1. The molecule has 1 aliphatic heterocycles. The predicted octanol–water partition coefficient (Wildman–Crippen LogP) is 3.11. The first kappa shape index (κ1) is 22.3. The Kier molecular flexibility index (Phi) is 6.61. The molecule has 1 aliphatic rings. The lowest BCUT2D eigenvalue weighted by Crippen LogP contribution is -2.41. The maximum Gasteiger partial charge on any atom is 0.394 e. The minimum absolute atomic E-state index is 0.00459. The van der Waals surface area contributed by atoms with Crippen LogP contribution in [0.15, 0.2) is 30.5 Å². The number of nitrogens with one attached hydrogen (secondary N) is 2. The molecule has 0 saturated carbocycles. The van der Waals surface area contributed by atoms with Crippen LogP contribution < -0.4 is 20.1 Å². The number of hydrogen-bond donors (Lipinski definition) is 2. The van der Waals surface area contributed by atoms with E-state index in [4.69, 9.17) is 4.74 Å². The van der Waals surface area contributed by atoms with Gasteiger partial charge in [-0.25, -0.2) is 4.98 Å². The number of alkyl halides is 2. The van der Waals surface area contributed by atoms with Crippen LogP contribution in [0.3, 0.4) is 0 Å². The molecule has 0 bridgehead atoms. The number of benzene rings is 1. The van der Waals surface area contributed by atoms with E-state index in [1.165, 1.54) is 18.2 Å². The van der Waals surface area contributed by atoms with Crippen molar-refractivity contribution in [2.75, 3.05) is 37.8 Å². The number of nitrogens with zero attached hydrogens (tertiary/aromatic N) is 2. The van der Waals surface area contributed by atoms with Crippen LogP contribution >= 0.6 is 0 Å². The molecule has 1 atom stereocenters. The fourth-order valence-electron chi connectivity index (χ4n) is 2.82. The van der Waals surface area contributed by atoms with Crippen LogP contribution in [-0.4, -0.2) is 55.2 Å². The molecule has 0 saturated heterocycles. The average Bonchev–Trinajstić information content (AvgIpc) is 2.68. The summed E-state index contributed by atoms with van der Waals surface area (Å²) in [5.41, 5.74) is 2.00. The fraction of sp³-hybridized carbons (Fsp3) is 0.364. The first-order chi connectivity index (χ1) is 14.6. The molecular weight excluding hydrogens is 406 g/mol. The van der Waals surface area contributed by atoms with Crippen molar-refractivity contribution in [2.24, 2.45) is 0 Å². The lowest BCUT2D eigenvalue weighted by Gasteiger charge is -2.27. The van der Waals surface area contributed by atoms with Crippen LogP contribution in [0.4, 0.5) is 20.3 Å². The van der Waals surface area contributed by atoms with Gasteiger partial charge in [-0.15, -0.1) is 0 Å². The van der Waals surface area contributed by atoms with Crippen molar-refractivity contribution in [2.45, 2.75) is 26.1 Å². The van der Waals surface area contributed by atoms with E-state index in [1.807, 2.05) is 32.0 Å². The molecule has 7 nitrogen and oxygen atoms in total.